The van der Waals surface area contributed by atoms with Gasteiger partial charge in [0.1, 0.15) is 11.9 Å². The van der Waals surface area contributed by atoms with Crippen molar-refractivity contribution in [2.75, 3.05) is 11.5 Å². The number of hydrogen-bond donors (Lipinski definition) is 0. The third-order valence-electron chi connectivity index (χ3n) is 2.45. The zero-order valence-electron chi connectivity index (χ0n) is 8.80. The molecule has 1 aromatic carbocycles. The molecule has 92 valence electrons. The number of nitrogens with zero attached hydrogens (tertiary/aromatic N) is 1. The van der Waals surface area contributed by atoms with Crippen LogP contribution in [0.1, 0.15) is 6.42 Å². The normalized spacial score (nSPS) is 23.6. The summed E-state index contributed by atoms with van der Waals surface area (Å²) in [6.07, 6.45) is 0.307. The van der Waals surface area contributed by atoms with Gasteiger partial charge in [-0.25, -0.2) is 4.39 Å². The molecule has 7 heteroatoms. The van der Waals surface area contributed by atoms with Gasteiger partial charge in [-0.05, 0) is 18.6 Å². The molecule has 17 heavy (non-hydrogen) atoms. The van der Waals surface area contributed by atoms with Crippen molar-refractivity contribution in [3.05, 3.63) is 34.1 Å². The first kappa shape index (κ1) is 12.0. The molecule has 0 aliphatic carbocycles. The minimum absolute atomic E-state index is 0.0281. The molecule has 1 fully saturated rings. The Morgan fingerprint density at radius 3 is 2.88 bits per heavy atom. The second kappa shape index (κ2) is 4.79. The Balaban J connectivity index is 2.20. The second-order valence-electron chi connectivity index (χ2n) is 3.71. The molecular weight excluding hydrogens is 249 g/mol. The van der Waals surface area contributed by atoms with Crippen LogP contribution in [0.4, 0.5) is 10.1 Å². The summed E-state index contributed by atoms with van der Waals surface area (Å²) in [5, 5.41) is 10.7. The quantitative estimate of drug-likeness (QED) is 0.611. The molecular formula is C10H10FNO4S. The molecule has 2 rings (SSSR count). The Kier molecular flexibility index (Phi) is 3.37. The molecule has 0 bridgehead atoms. The average molecular weight is 259 g/mol. The smallest absolute Gasteiger partial charge is 0.313 e. The topological polar surface area (TPSA) is 69.4 Å². The first-order valence-corrected chi connectivity index (χ1v) is 6.50. The zero-order chi connectivity index (χ0) is 12.4. The van der Waals surface area contributed by atoms with Gasteiger partial charge in [0.25, 0.3) is 0 Å². The van der Waals surface area contributed by atoms with Gasteiger partial charge in [0.05, 0.1) is 16.7 Å². The van der Waals surface area contributed by atoms with Crippen LogP contribution in [0.5, 0.6) is 5.75 Å². The molecule has 5 nitrogen and oxygen atoms in total. The number of halogens is 1. The fraction of sp³-hybridized carbons (Fsp3) is 0.400. The molecule has 2 unspecified atom stereocenters. The van der Waals surface area contributed by atoms with Crippen molar-refractivity contribution in [1.29, 1.82) is 0 Å². The maximum absolute atomic E-state index is 12.9. The highest BCUT2D eigenvalue weighted by Crippen LogP contribution is 2.29. The molecule has 1 heterocycles. The highest BCUT2D eigenvalue weighted by Gasteiger charge is 2.26. The van der Waals surface area contributed by atoms with Crippen LogP contribution < -0.4 is 4.74 Å². The Labute approximate surface area is 99.2 Å². The van der Waals surface area contributed by atoms with Crippen LogP contribution in [-0.2, 0) is 10.8 Å². The number of benzene rings is 1. The van der Waals surface area contributed by atoms with E-state index >= 15 is 0 Å². The first-order chi connectivity index (χ1) is 8.06. The lowest BCUT2D eigenvalue weighted by Crippen LogP contribution is -2.17. The molecule has 1 saturated heterocycles. The lowest BCUT2D eigenvalue weighted by Gasteiger charge is -2.11. The van der Waals surface area contributed by atoms with Gasteiger partial charge in [-0.1, -0.05) is 0 Å². The van der Waals surface area contributed by atoms with E-state index in [9.17, 15) is 18.7 Å². The zero-order valence-corrected chi connectivity index (χ0v) is 9.61. The van der Waals surface area contributed by atoms with E-state index in [1.54, 1.807) is 0 Å². The SMILES string of the molecule is O=[N+]([O-])c1cc(F)ccc1OC1CCS(=O)C1. The number of ether oxygens (including phenoxy) is 1. The Morgan fingerprint density at radius 2 is 2.29 bits per heavy atom. The van der Waals surface area contributed by atoms with Gasteiger partial charge in [-0.15, -0.1) is 0 Å². The van der Waals surface area contributed by atoms with Crippen LogP contribution in [0.3, 0.4) is 0 Å². The van der Waals surface area contributed by atoms with Crippen molar-refractivity contribution < 1.29 is 18.3 Å². The van der Waals surface area contributed by atoms with Crippen LogP contribution in [0.15, 0.2) is 18.2 Å². The van der Waals surface area contributed by atoms with Crippen molar-refractivity contribution in [2.24, 2.45) is 0 Å². The molecule has 0 N–H and O–H groups in total. The van der Waals surface area contributed by atoms with Crippen molar-refractivity contribution >= 4 is 16.5 Å². The number of nitro benzene ring substituents is 1. The summed E-state index contributed by atoms with van der Waals surface area (Å²) in [5.41, 5.74) is -0.400. The van der Waals surface area contributed by atoms with Gasteiger partial charge in [-0.2, -0.15) is 0 Å². The van der Waals surface area contributed by atoms with E-state index in [-0.39, 0.29) is 11.9 Å². The van der Waals surface area contributed by atoms with E-state index < -0.39 is 27.2 Å². The van der Waals surface area contributed by atoms with Crippen LogP contribution in [0, 0.1) is 15.9 Å². The van der Waals surface area contributed by atoms with Crippen LogP contribution in [-0.4, -0.2) is 26.7 Å². The summed E-state index contributed by atoms with van der Waals surface area (Å²) < 4.78 is 29.4. The third kappa shape index (κ3) is 2.79. The van der Waals surface area contributed by atoms with Gasteiger partial charge in [0.15, 0.2) is 5.75 Å². The summed E-state index contributed by atoms with van der Waals surface area (Å²) in [6.45, 7) is 0. The Bertz CT molecular complexity index is 479. The molecule has 0 aromatic heterocycles. The van der Waals surface area contributed by atoms with Crippen molar-refractivity contribution in [1.82, 2.24) is 0 Å². The minimum atomic E-state index is -0.917. The van der Waals surface area contributed by atoms with Crippen LogP contribution in [0.25, 0.3) is 0 Å². The number of rotatable bonds is 3. The molecule has 2 atom stereocenters. The van der Waals surface area contributed by atoms with Gasteiger partial charge in [0.2, 0.25) is 0 Å². The number of hydrogen-bond acceptors (Lipinski definition) is 4. The standard InChI is InChI=1S/C10H10FNO4S/c11-7-1-2-10(9(5-7)12(13)14)16-8-3-4-17(15)6-8/h1-2,5,8H,3-4,6H2. The molecule has 0 saturated carbocycles. The molecule has 1 aliphatic rings. The van der Waals surface area contributed by atoms with E-state index in [0.29, 0.717) is 17.9 Å². The van der Waals surface area contributed by atoms with E-state index in [1.165, 1.54) is 6.07 Å². The highest BCUT2D eigenvalue weighted by molar-refractivity contribution is 7.85. The summed E-state index contributed by atoms with van der Waals surface area (Å²) in [5.74, 6) is 0.258. The third-order valence-corrected chi connectivity index (χ3v) is 3.89. The second-order valence-corrected chi connectivity index (χ2v) is 5.33. The van der Waals surface area contributed by atoms with Gasteiger partial charge >= 0.3 is 5.69 Å². The molecule has 0 radical (unpaired) electrons. The lowest BCUT2D eigenvalue weighted by atomic mass is 10.2. The summed E-state index contributed by atoms with van der Waals surface area (Å²) in [4.78, 5) is 10.0. The summed E-state index contributed by atoms with van der Waals surface area (Å²) in [6, 6.07) is 3.16. The van der Waals surface area contributed by atoms with Crippen molar-refractivity contribution in [3.63, 3.8) is 0 Å². The van der Waals surface area contributed by atoms with Gasteiger partial charge < -0.3 is 4.74 Å². The number of nitro groups is 1. The monoisotopic (exact) mass is 259 g/mol. The lowest BCUT2D eigenvalue weighted by molar-refractivity contribution is -0.386. The molecule has 1 aromatic rings. The maximum atomic E-state index is 12.9. The van der Waals surface area contributed by atoms with Gasteiger partial charge in [-0.3, -0.25) is 14.3 Å². The summed E-state index contributed by atoms with van der Waals surface area (Å²) in [7, 11) is -0.917. The van der Waals surface area contributed by atoms with Gasteiger partial charge in [0, 0.05) is 16.6 Å². The minimum Gasteiger partial charge on any atom is -0.482 e. The first-order valence-electron chi connectivity index (χ1n) is 5.02. The van der Waals surface area contributed by atoms with E-state index in [4.69, 9.17) is 4.74 Å². The van der Waals surface area contributed by atoms with Crippen molar-refractivity contribution in [3.8, 4) is 5.75 Å². The van der Waals surface area contributed by atoms with E-state index in [0.717, 1.165) is 12.1 Å². The largest absolute Gasteiger partial charge is 0.482 e. The Hall–Kier alpha value is -1.50. The summed E-state index contributed by atoms with van der Waals surface area (Å²) >= 11 is 0. The van der Waals surface area contributed by atoms with E-state index in [2.05, 4.69) is 0 Å². The maximum Gasteiger partial charge on any atom is 0.313 e. The van der Waals surface area contributed by atoms with Crippen LogP contribution >= 0.6 is 0 Å². The molecule has 1 aliphatic heterocycles. The fourth-order valence-corrected chi connectivity index (χ4v) is 2.98. The molecule has 0 spiro atoms. The average Bonchev–Trinajstić information content (AvgIpc) is 2.66. The molecule has 0 amide bonds. The fourth-order valence-electron chi connectivity index (χ4n) is 1.64. The predicted molar refractivity (Wildman–Crippen MR) is 60.0 cm³/mol. The van der Waals surface area contributed by atoms with Crippen molar-refractivity contribution in [2.45, 2.75) is 12.5 Å². The predicted octanol–water partition coefficient (Wildman–Crippen LogP) is 1.63. The van der Waals surface area contributed by atoms with E-state index in [1.807, 2.05) is 0 Å². The highest BCUT2D eigenvalue weighted by atomic mass is 32.2. The Morgan fingerprint density at radius 1 is 1.53 bits per heavy atom. The van der Waals surface area contributed by atoms with Crippen LogP contribution in [0.2, 0.25) is 0 Å².